The molecule has 0 unspecified atom stereocenters. The molecule has 5 heteroatoms. The Kier molecular flexibility index (Phi) is 4.06. The number of hydrogen-bond donors (Lipinski definition) is 1. The van der Waals surface area contributed by atoms with Gasteiger partial charge in [0.25, 0.3) is 0 Å². The first kappa shape index (κ1) is 14.9. The van der Waals surface area contributed by atoms with Gasteiger partial charge in [0.05, 0.1) is 15.7 Å². The molecule has 2 N–H and O–H groups in total. The second kappa shape index (κ2) is 5.46. The summed E-state index contributed by atoms with van der Waals surface area (Å²) in [6.45, 7) is 3.95. The van der Waals surface area contributed by atoms with Gasteiger partial charge in [-0.3, -0.25) is 0 Å². The highest BCUT2D eigenvalue weighted by Gasteiger charge is 2.19. The molecule has 2 aromatic carbocycles. The van der Waals surface area contributed by atoms with Crippen LogP contribution in [0.25, 0.3) is 0 Å². The second-order valence-electron chi connectivity index (χ2n) is 4.87. The fourth-order valence-electron chi connectivity index (χ4n) is 1.96. The molecule has 2 rings (SSSR count). The Hall–Kier alpha value is -1.52. The molecule has 0 atom stereocenters. The minimum atomic E-state index is -3.48. The Bertz CT molecular complexity index is 754. The van der Waals surface area contributed by atoms with Crippen LogP contribution in [0.1, 0.15) is 16.7 Å². The maximum atomic E-state index is 12.4. The number of rotatable bonds is 3. The lowest BCUT2D eigenvalue weighted by atomic mass is 10.1. The average molecular weight is 310 g/mol. The molecule has 106 valence electrons. The molecule has 0 aromatic heterocycles. The van der Waals surface area contributed by atoms with E-state index in [9.17, 15) is 8.42 Å². The highest BCUT2D eigenvalue weighted by molar-refractivity contribution is 7.90. The SMILES string of the molecule is Cc1ccc(CS(=O)(=O)c2ccc(N)cc2Cl)cc1C. The van der Waals surface area contributed by atoms with Crippen molar-refractivity contribution in [1.82, 2.24) is 0 Å². The maximum Gasteiger partial charge on any atom is 0.183 e. The zero-order valence-electron chi connectivity index (χ0n) is 11.4. The molecular formula is C15H16ClNO2S. The topological polar surface area (TPSA) is 60.2 Å². The molecule has 20 heavy (non-hydrogen) atoms. The normalized spacial score (nSPS) is 11.6. The van der Waals surface area contributed by atoms with Crippen LogP contribution in [0.3, 0.4) is 0 Å². The summed E-state index contributed by atoms with van der Waals surface area (Å²) in [4.78, 5) is 0.117. The Morgan fingerprint density at radius 3 is 2.35 bits per heavy atom. The van der Waals surface area contributed by atoms with Crippen molar-refractivity contribution in [2.75, 3.05) is 5.73 Å². The predicted octanol–water partition coefficient (Wildman–Crippen LogP) is 3.51. The molecule has 0 aliphatic heterocycles. The van der Waals surface area contributed by atoms with E-state index in [1.165, 1.54) is 12.1 Å². The van der Waals surface area contributed by atoms with E-state index in [1.54, 1.807) is 6.07 Å². The zero-order valence-corrected chi connectivity index (χ0v) is 12.9. The number of anilines is 1. The van der Waals surface area contributed by atoms with Crippen molar-refractivity contribution in [2.45, 2.75) is 24.5 Å². The van der Waals surface area contributed by atoms with E-state index < -0.39 is 9.84 Å². The summed E-state index contributed by atoms with van der Waals surface area (Å²) in [5.41, 5.74) is 8.98. The van der Waals surface area contributed by atoms with E-state index in [0.29, 0.717) is 5.69 Å². The molecule has 0 aliphatic rings. The van der Waals surface area contributed by atoms with Crippen molar-refractivity contribution < 1.29 is 8.42 Å². The first-order valence-electron chi connectivity index (χ1n) is 6.13. The van der Waals surface area contributed by atoms with Gasteiger partial charge in [0.2, 0.25) is 0 Å². The number of sulfone groups is 1. The summed E-state index contributed by atoms with van der Waals surface area (Å²) in [6.07, 6.45) is 0. The first-order chi connectivity index (χ1) is 9.29. The van der Waals surface area contributed by atoms with E-state index in [0.717, 1.165) is 16.7 Å². The van der Waals surface area contributed by atoms with Crippen molar-refractivity contribution in [3.05, 3.63) is 58.1 Å². The highest BCUT2D eigenvalue weighted by Crippen LogP contribution is 2.27. The van der Waals surface area contributed by atoms with E-state index in [2.05, 4.69) is 0 Å². The third-order valence-electron chi connectivity index (χ3n) is 3.22. The summed E-state index contributed by atoms with van der Waals surface area (Å²) >= 11 is 5.98. The molecule has 2 aromatic rings. The van der Waals surface area contributed by atoms with Crippen LogP contribution >= 0.6 is 11.6 Å². The smallest absolute Gasteiger partial charge is 0.183 e. The van der Waals surface area contributed by atoms with E-state index in [-0.39, 0.29) is 15.7 Å². The van der Waals surface area contributed by atoms with Crippen LogP contribution in [0.4, 0.5) is 5.69 Å². The van der Waals surface area contributed by atoms with Crippen LogP contribution in [0.15, 0.2) is 41.3 Å². The fourth-order valence-corrected chi connectivity index (χ4v) is 3.91. The maximum absolute atomic E-state index is 12.4. The summed E-state index contributed by atoms with van der Waals surface area (Å²) in [5.74, 6) is -0.0717. The van der Waals surface area contributed by atoms with Gasteiger partial charge in [0.1, 0.15) is 0 Å². The van der Waals surface area contributed by atoms with Gasteiger partial charge in [-0.1, -0.05) is 29.8 Å². The van der Waals surface area contributed by atoms with Gasteiger partial charge in [0, 0.05) is 5.69 Å². The molecule has 0 saturated carbocycles. The lowest BCUT2D eigenvalue weighted by Crippen LogP contribution is -2.06. The number of benzene rings is 2. The van der Waals surface area contributed by atoms with Crippen molar-refractivity contribution in [1.29, 1.82) is 0 Å². The Morgan fingerprint density at radius 1 is 1.05 bits per heavy atom. The third-order valence-corrected chi connectivity index (χ3v) is 5.38. The Labute approximate surface area is 124 Å². The third kappa shape index (κ3) is 3.14. The van der Waals surface area contributed by atoms with Gasteiger partial charge in [-0.15, -0.1) is 0 Å². The highest BCUT2D eigenvalue weighted by atomic mass is 35.5. The minimum absolute atomic E-state index is 0.0717. The Balaban J connectivity index is 2.38. The summed E-state index contributed by atoms with van der Waals surface area (Å²) < 4.78 is 24.8. The monoisotopic (exact) mass is 309 g/mol. The second-order valence-corrected chi connectivity index (χ2v) is 7.23. The van der Waals surface area contributed by atoms with Gasteiger partial charge in [-0.25, -0.2) is 8.42 Å². The van der Waals surface area contributed by atoms with E-state index >= 15 is 0 Å². The number of nitrogens with two attached hydrogens (primary N) is 1. The summed E-state index contributed by atoms with van der Waals surface area (Å²) in [5, 5.41) is 0.161. The van der Waals surface area contributed by atoms with Crippen molar-refractivity contribution in [3.63, 3.8) is 0 Å². The molecular weight excluding hydrogens is 294 g/mol. The molecule has 0 amide bonds. The van der Waals surface area contributed by atoms with Crippen LogP contribution in [0.2, 0.25) is 5.02 Å². The minimum Gasteiger partial charge on any atom is -0.399 e. The van der Waals surface area contributed by atoms with Crippen molar-refractivity contribution >= 4 is 27.1 Å². The molecule has 0 heterocycles. The molecule has 0 bridgehead atoms. The number of nitrogen functional groups attached to an aromatic ring is 1. The molecule has 0 spiro atoms. The lowest BCUT2D eigenvalue weighted by molar-refractivity contribution is 0.595. The van der Waals surface area contributed by atoms with Crippen molar-refractivity contribution in [3.8, 4) is 0 Å². The molecule has 0 fully saturated rings. The van der Waals surface area contributed by atoms with Gasteiger partial charge in [-0.2, -0.15) is 0 Å². The average Bonchev–Trinajstić information content (AvgIpc) is 2.33. The van der Waals surface area contributed by atoms with E-state index in [1.807, 2.05) is 32.0 Å². The molecule has 3 nitrogen and oxygen atoms in total. The van der Waals surface area contributed by atoms with E-state index in [4.69, 9.17) is 17.3 Å². The first-order valence-corrected chi connectivity index (χ1v) is 8.16. The number of halogens is 1. The zero-order chi connectivity index (χ0) is 14.9. The van der Waals surface area contributed by atoms with Gasteiger partial charge in [0.15, 0.2) is 9.84 Å². The van der Waals surface area contributed by atoms with Crippen LogP contribution in [-0.2, 0) is 15.6 Å². The molecule has 0 radical (unpaired) electrons. The summed E-state index contributed by atoms with van der Waals surface area (Å²) in [6, 6.07) is 10.1. The molecule has 0 saturated heterocycles. The van der Waals surface area contributed by atoms with Crippen LogP contribution in [-0.4, -0.2) is 8.42 Å². The van der Waals surface area contributed by atoms with Crippen LogP contribution in [0.5, 0.6) is 0 Å². The molecule has 0 aliphatic carbocycles. The van der Waals surface area contributed by atoms with Crippen molar-refractivity contribution in [2.24, 2.45) is 0 Å². The largest absolute Gasteiger partial charge is 0.399 e. The number of hydrogen-bond acceptors (Lipinski definition) is 3. The van der Waals surface area contributed by atoms with Gasteiger partial charge < -0.3 is 5.73 Å². The van der Waals surface area contributed by atoms with Gasteiger partial charge >= 0.3 is 0 Å². The standard InChI is InChI=1S/C15H16ClNO2S/c1-10-3-4-12(7-11(10)2)9-20(18,19)15-6-5-13(17)8-14(15)16/h3-8H,9,17H2,1-2H3. The fraction of sp³-hybridized carbons (Fsp3) is 0.200. The quantitative estimate of drug-likeness (QED) is 0.883. The predicted molar refractivity (Wildman–Crippen MR) is 82.7 cm³/mol. The van der Waals surface area contributed by atoms with Crippen LogP contribution < -0.4 is 5.73 Å². The Morgan fingerprint density at radius 2 is 1.75 bits per heavy atom. The number of aryl methyl sites for hydroxylation is 2. The summed E-state index contributed by atoms with van der Waals surface area (Å²) in [7, 11) is -3.48. The van der Waals surface area contributed by atoms with Crippen LogP contribution in [0, 0.1) is 13.8 Å². The lowest BCUT2D eigenvalue weighted by Gasteiger charge is -2.09. The van der Waals surface area contributed by atoms with Gasteiger partial charge in [-0.05, 0) is 48.7 Å².